The third-order valence-electron chi connectivity index (χ3n) is 3.04. The van der Waals surface area contributed by atoms with Crippen LogP contribution in [-0.4, -0.2) is 11.1 Å². The normalized spacial score (nSPS) is 28.8. The van der Waals surface area contributed by atoms with Gasteiger partial charge in [-0.1, -0.05) is 13.8 Å². The molecule has 0 radical (unpaired) electrons. The Morgan fingerprint density at radius 2 is 2.29 bits per heavy atom. The van der Waals surface area contributed by atoms with Crippen LogP contribution in [0.1, 0.15) is 25.3 Å². The van der Waals surface area contributed by atoms with Gasteiger partial charge in [0.25, 0.3) is 0 Å². The lowest BCUT2D eigenvalue weighted by molar-refractivity contribution is -0.139. The molecule has 0 unspecified atom stereocenters. The first-order chi connectivity index (χ1) is 6.44. The van der Waals surface area contributed by atoms with E-state index in [1.54, 1.807) is 11.3 Å². The smallest absolute Gasteiger partial charge is 0.307 e. The Morgan fingerprint density at radius 1 is 1.64 bits per heavy atom. The highest BCUT2D eigenvalue weighted by Crippen LogP contribution is 2.64. The van der Waals surface area contributed by atoms with E-state index in [1.807, 2.05) is 25.3 Å². The topological polar surface area (TPSA) is 37.3 Å². The van der Waals surface area contributed by atoms with Crippen LogP contribution < -0.4 is 0 Å². The number of hydrogen-bond donors (Lipinski definition) is 1. The van der Waals surface area contributed by atoms with Crippen molar-refractivity contribution in [2.75, 3.05) is 0 Å². The van der Waals surface area contributed by atoms with E-state index in [9.17, 15) is 4.79 Å². The van der Waals surface area contributed by atoms with Crippen molar-refractivity contribution in [1.82, 2.24) is 0 Å². The Morgan fingerprint density at radius 3 is 2.64 bits per heavy atom. The van der Waals surface area contributed by atoms with E-state index in [0.29, 0.717) is 0 Å². The third-order valence-corrected chi connectivity index (χ3v) is 4.56. The van der Waals surface area contributed by atoms with Crippen molar-refractivity contribution in [2.45, 2.75) is 19.8 Å². The highest BCUT2D eigenvalue weighted by Gasteiger charge is 2.62. The minimum Gasteiger partial charge on any atom is -0.481 e. The molecule has 2 nitrogen and oxygen atoms in total. The summed E-state index contributed by atoms with van der Waals surface area (Å²) in [5.41, 5.74) is 1.06. The molecule has 2 rings (SSSR count). The summed E-state index contributed by atoms with van der Waals surface area (Å²) < 4.78 is 1.07. The van der Waals surface area contributed by atoms with Crippen molar-refractivity contribution in [3.8, 4) is 0 Å². The summed E-state index contributed by atoms with van der Waals surface area (Å²) >= 11 is 5.00. The molecule has 0 spiro atoms. The van der Waals surface area contributed by atoms with Crippen LogP contribution in [0.5, 0.6) is 0 Å². The number of halogens is 1. The zero-order chi connectivity index (χ0) is 10.5. The predicted octanol–water partition coefficient (Wildman–Crippen LogP) is 3.33. The van der Waals surface area contributed by atoms with Gasteiger partial charge in [-0.2, -0.15) is 0 Å². The van der Waals surface area contributed by atoms with E-state index >= 15 is 0 Å². The van der Waals surface area contributed by atoms with Crippen LogP contribution >= 0.6 is 27.3 Å². The highest BCUT2D eigenvalue weighted by atomic mass is 79.9. The van der Waals surface area contributed by atoms with E-state index in [2.05, 4.69) is 15.9 Å². The zero-order valence-electron chi connectivity index (χ0n) is 7.95. The Balaban J connectivity index is 2.27. The number of hydrogen-bond acceptors (Lipinski definition) is 2. The number of carbonyl (C=O) groups is 1. The van der Waals surface area contributed by atoms with Crippen molar-refractivity contribution < 1.29 is 9.90 Å². The van der Waals surface area contributed by atoms with Gasteiger partial charge in [-0.3, -0.25) is 4.79 Å². The van der Waals surface area contributed by atoms with Gasteiger partial charge in [-0.05, 0) is 38.4 Å². The molecule has 0 aromatic carbocycles. The molecule has 0 saturated heterocycles. The van der Waals surface area contributed by atoms with Crippen molar-refractivity contribution in [3.05, 3.63) is 20.8 Å². The molecule has 1 aromatic rings. The van der Waals surface area contributed by atoms with Crippen LogP contribution in [0, 0.1) is 11.3 Å². The summed E-state index contributed by atoms with van der Waals surface area (Å²) in [6, 6.07) is 2.03. The molecule has 0 amide bonds. The van der Waals surface area contributed by atoms with Gasteiger partial charge in [-0.25, -0.2) is 0 Å². The van der Waals surface area contributed by atoms with Crippen LogP contribution in [0.4, 0.5) is 0 Å². The maximum absolute atomic E-state index is 11.0. The number of aliphatic carboxylic acids is 1. The summed E-state index contributed by atoms with van der Waals surface area (Å²) in [5.74, 6) is -0.714. The molecular formula is C10H11BrO2S. The van der Waals surface area contributed by atoms with Crippen molar-refractivity contribution in [1.29, 1.82) is 0 Å². The first kappa shape index (κ1) is 10.2. The minimum absolute atomic E-state index is 0.0909. The lowest BCUT2D eigenvalue weighted by atomic mass is 10.1. The van der Waals surface area contributed by atoms with Gasteiger partial charge in [0, 0.05) is 5.92 Å². The first-order valence-corrected chi connectivity index (χ1v) is 6.08. The fourth-order valence-corrected chi connectivity index (χ4v) is 3.42. The van der Waals surface area contributed by atoms with Gasteiger partial charge in [0.05, 0.1) is 9.70 Å². The van der Waals surface area contributed by atoms with Gasteiger partial charge >= 0.3 is 5.97 Å². The monoisotopic (exact) mass is 274 g/mol. The molecule has 1 heterocycles. The molecule has 0 aliphatic heterocycles. The SMILES string of the molecule is CC1(C)[C@H](C(=O)O)[C@H]1c1csc(Br)c1. The Hall–Kier alpha value is -0.350. The fourth-order valence-electron chi connectivity index (χ4n) is 2.21. The number of thiophene rings is 1. The van der Waals surface area contributed by atoms with E-state index in [0.717, 1.165) is 9.35 Å². The molecular weight excluding hydrogens is 264 g/mol. The van der Waals surface area contributed by atoms with Gasteiger partial charge in [0.1, 0.15) is 0 Å². The quantitative estimate of drug-likeness (QED) is 0.898. The molecule has 1 aliphatic rings. The molecule has 2 atom stereocenters. The summed E-state index contributed by atoms with van der Waals surface area (Å²) in [5, 5.41) is 11.1. The van der Waals surface area contributed by atoms with Gasteiger partial charge in [-0.15, -0.1) is 11.3 Å². The first-order valence-electron chi connectivity index (χ1n) is 4.41. The van der Waals surface area contributed by atoms with Crippen LogP contribution in [0.25, 0.3) is 0 Å². The second-order valence-electron chi connectivity index (χ2n) is 4.30. The van der Waals surface area contributed by atoms with Crippen LogP contribution in [0.3, 0.4) is 0 Å². The summed E-state index contributed by atoms with van der Waals surface area (Å²) in [7, 11) is 0. The Labute approximate surface area is 95.1 Å². The lowest BCUT2D eigenvalue weighted by Gasteiger charge is -1.98. The molecule has 1 aliphatic carbocycles. The Kier molecular flexibility index (Phi) is 2.23. The van der Waals surface area contributed by atoms with Gasteiger partial charge < -0.3 is 5.11 Å². The van der Waals surface area contributed by atoms with Gasteiger partial charge in [0.15, 0.2) is 0 Å². The predicted molar refractivity (Wildman–Crippen MR) is 59.7 cm³/mol. The maximum Gasteiger partial charge on any atom is 0.307 e. The summed E-state index contributed by atoms with van der Waals surface area (Å²) in [6.45, 7) is 4.03. The molecule has 14 heavy (non-hydrogen) atoms. The Bertz CT molecular complexity index is 383. The highest BCUT2D eigenvalue weighted by molar-refractivity contribution is 9.11. The van der Waals surface area contributed by atoms with E-state index in [-0.39, 0.29) is 17.3 Å². The second kappa shape index (κ2) is 3.07. The number of carboxylic acid groups (broad SMARTS) is 1. The summed E-state index contributed by atoms with van der Waals surface area (Å²) in [6.07, 6.45) is 0. The number of carboxylic acids is 1. The van der Waals surface area contributed by atoms with Gasteiger partial charge in [0.2, 0.25) is 0 Å². The van der Waals surface area contributed by atoms with E-state index in [4.69, 9.17) is 5.11 Å². The average Bonchev–Trinajstić information content (AvgIpc) is 2.42. The van der Waals surface area contributed by atoms with Crippen LogP contribution in [0.15, 0.2) is 15.2 Å². The molecule has 0 bridgehead atoms. The van der Waals surface area contributed by atoms with Crippen molar-refractivity contribution >= 4 is 33.2 Å². The molecule has 1 aromatic heterocycles. The van der Waals surface area contributed by atoms with Crippen LogP contribution in [0.2, 0.25) is 0 Å². The largest absolute Gasteiger partial charge is 0.481 e. The lowest BCUT2D eigenvalue weighted by Crippen LogP contribution is -2.02. The van der Waals surface area contributed by atoms with Crippen molar-refractivity contribution in [3.63, 3.8) is 0 Å². The van der Waals surface area contributed by atoms with E-state index in [1.165, 1.54) is 0 Å². The number of rotatable bonds is 2. The second-order valence-corrected chi connectivity index (χ2v) is 6.59. The molecule has 1 saturated carbocycles. The van der Waals surface area contributed by atoms with Crippen LogP contribution in [-0.2, 0) is 4.79 Å². The standard InChI is InChI=1S/C10H11BrO2S/c1-10(2)7(8(10)9(12)13)5-3-6(11)14-4-5/h3-4,7-8H,1-2H3,(H,12,13)/t7-,8+/m1/s1. The summed E-state index contributed by atoms with van der Waals surface area (Å²) in [4.78, 5) is 11.0. The molecule has 76 valence electrons. The maximum atomic E-state index is 11.0. The molecule has 4 heteroatoms. The van der Waals surface area contributed by atoms with E-state index < -0.39 is 5.97 Å². The molecule has 1 N–H and O–H groups in total. The molecule has 1 fully saturated rings. The average molecular weight is 275 g/mol. The fraction of sp³-hybridized carbons (Fsp3) is 0.500. The zero-order valence-corrected chi connectivity index (χ0v) is 10.4. The third kappa shape index (κ3) is 1.41. The minimum atomic E-state index is -0.678. The van der Waals surface area contributed by atoms with Crippen molar-refractivity contribution in [2.24, 2.45) is 11.3 Å².